The first-order valence-electron chi connectivity index (χ1n) is 20.2. The maximum absolute atomic E-state index is 15.3. The number of carbonyl (C=O) groups excluding carboxylic acids is 2. The Hall–Kier alpha value is -7.46. The standard InChI is InChI=1S/C52H42F2O8/c1-34(55)58-41-23-15-39(16-24-41)52(29-4-3-5-30-52)40-17-25-44(26-18-40)61-51(56)62-50-28-14-38(32-48(50)54)36-11-21-43(22-12-36)60-46-8-6-7-45(33-46)59-42-19-9-35(10-20-42)37-13-27-49(57-2)47(53)31-37/h6-28,31-33H,3-5,29-30H2,1-2H3. The van der Waals surface area contributed by atoms with Crippen LogP contribution in [0.2, 0.25) is 0 Å². The minimum atomic E-state index is -1.06. The van der Waals surface area contributed by atoms with Crippen LogP contribution >= 0.6 is 0 Å². The molecule has 0 amide bonds. The van der Waals surface area contributed by atoms with Crippen molar-refractivity contribution >= 4 is 12.1 Å². The van der Waals surface area contributed by atoms with E-state index in [4.69, 9.17) is 28.4 Å². The van der Waals surface area contributed by atoms with E-state index < -0.39 is 17.8 Å². The van der Waals surface area contributed by atoms with E-state index in [1.807, 2.05) is 72.8 Å². The minimum Gasteiger partial charge on any atom is -0.494 e. The second kappa shape index (κ2) is 18.4. The maximum Gasteiger partial charge on any atom is 0.519 e. The van der Waals surface area contributed by atoms with E-state index in [0.717, 1.165) is 59.9 Å². The van der Waals surface area contributed by atoms with Crippen molar-refractivity contribution < 1.29 is 46.8 Å². The normalized spacial score (nSPS) is 13.1. The molecule has 10 heteroatoms. The van der Waals surface area contributed by atoms with Crippen LogP contribution in [0.1, 0.15) is 50.2 Å². The summed E-state index contributed by atoms with van der Waals surface area (Å²) in [4.78, 5) is 24.2. The SMILES string of the molecule is COc1ccc(-c2ccc(Oc3cccc(Oc4ccc(-c5ccc(OC(=O)Oc6ccc(C7(c8ccc(OC(C)=O)cc8)CCCCC7)cc6)c(F)c5)cc4)c3)cc2)cc1F. The molecule has 0 aliphatic heterocycles. The highest BCUT2D eigenvalue weighted by Crippen LogP contribution is 2.46. The molecule has 0 atom stereocenters. The van der Waals surface area contributed by atoms with E-state index in [-0.39, 0.29) is 28.6 Å². The molecule has 8 rings (SSSR count). The third-order valence-electron chi connectivity index (χ3n) is 10.9. The van der Waals surface area contributed by atoms with Gasteiger partial charge in [0.05, 0.1) is 7.11 Å². The number of ether oxygens (including phenoxy) is 6. The lowest BCUT2D eigenvalue weighted by Crippen LogP contribution is -2.30. The van der Waals surface area contributed by atoms with Crippen LogP contribution in [0.15, 0.2) is 158 Å². The molecule has 0 heterocycles. The smallest absolute Gasteiger partial charge is 0.494 e. The monoisotopic (exact) mass is 832 g/mol. The molecule has 7 aromatic carbocycles. The van der Waals surface area contributed by atoms with Crippen LogP contribution < -0.4 is 28.4 Å². The third-order valence-corrected chi connectivity index (χ3v) is 10.9. The van der Waals surface area contributed by atoms with Crippen molar-refractivity contribution in [1.29, 1.82) is 0 Å². The predicted octanol–water partition coefficient (Wildman–Crippen LogP) is 13.6. The average Bonchev–Trinajstić information content (AvgIpc) is 3.28. The van der Waals surface area contributed by atoms with Crippen LogP contribution in [-0.2, 0) is 10.2 Å². The number of methoxy groups -OCH3 is 1. The number of esters is 1. The molecule has 0 saturated heterocycles. The van der Waals surface area contributed by atoms with Crippen molar-refractivity contribution in [3.05, 3.63) is 180 Å². The van der Waals surface area contributed by atoms with E-state index in [2.05, 4.69) is 0 Å². The van der Waals surface area contributed by atoms with Crippen LogP contribution in [0.25, 0.3) is 22.3 Å². The summed E-state index contributed by atoms with van der Waals surface area (Å²) in [6.07, 6.45) is 4.16. The van der Waals surface area contributed by atoms with Gasteiger partial charge in [0.15, 0.2) is 23.1 Å². The van der Waals surface area contributed by atoms with E-state index >= 15 is 4.39 Å². The van der Waals surface area contributed by atoms with E-state index in [1.54, 1.807) is 66.7 Å². The van der Waals surface area contributed by atoms with Gasteiger partial charge in [-0.3, -0.25) is 4.79 Å². The summed E-state index contributed by atoms with van der Waals surface area (Å²) in [7, 11) is 1.43. The van der Waals surface area contributed by atoms with Crippen molar-refractivity contribution in [2.45, 2.75) is 44.4 Å². The Morgan fingerprint density at radius 1 is 0.468 bits per heavy atom. The summed E-state index contributed by atoms with van der Waals surface area (Å²) >= 11 is 0. The number of benzene rings is 7. The van der Waals surface area contributed by atoms with Gasteiger partial charge in [0.2, 0.25) is 0 Å². The highest BCUT2D eigenvalue weighted by Gasteiger charge is 2.36. The van der Waals surface area contributed by atoms with Gasteiger partial charge < -0.3 is 28.4 Å². The average molecular weight is 833 g/mol. The van der Waals surface area contributed by atoms with Crippen LogP contribution in [0.4, 0.5) is 13.6 Å². The lowest BCUT2D eigenvalue weighted by molar-refractivity contribution is -0.131. The van der Waals surface area contributed by atoms with Gasteiger partial charge in [-0.05, 0) is 131 Å². The van der Waals surface area contributed by atoms with Gasteiger partial charge >= 0.3 is 12.1 Å². The molecule has 1 saturated carbocycles. The summed E-state index contributed by atoms with van der Waals surface area (Å²) in [5, 5.41) is 0. The fourth-order valence-electron chi connectivity index (χ4n) is 7.87. The van der Waals surface area contributed by atoms with Gasteiger partial charge in [0.1, 0.15) is 34.5 Å². The summed E-state index contributed by atoms with van der Waals surface area (Å²) < 4.78 is 62.6. The molecular weight excluding hydrogens is 791 g/mol. The number of rotatable bonds is 12. The molecule has 62 heavy (non-hydrogen) atoms. The highest BCUT2D eigenvalue weighted by atomic mass is 19.1. The first-order chi connectivity index (χ1) is 30.1. The molecule has 0 unspecified atom stereocenters. The molecule has 0 spiro atoms. The molecule has 1 aliphatic rings. The maximum atomic E-state index is 15.3. The zero-order chi connectivity index (χ0) is 43.1. The van der Waals surface area contributed by atoms with Gasteiger partial charge in [-0.2, -0.15) is 0 Å². The summed E-state index contributed by atoms with van der Waals surface area (Å²) in [6.45, 7) is 1.38. The van der Waals surface area contributed by atoms with Crippen molar-refractivity contribution in [3.8, 4) is 68.2 Å². The van der Waals surface area contributed by atoms with Gasteiger partial charge in [0.25, 0.3) is 0 Å². The molecule has 7 aromatic rings. The Balaban J connectivity index is 0.858. The molecule has 0 radical (unpaired) electrons. The number of hydrogen-bond acceptors (Lipinski definition) is 8. The molecule has 1 aliphatic carbocycles. The summed E-state index contributed by atoms with van der Waals surface area (Å²) in [5.41, 5.74) is 4.83. The summed E-state index contributed by atoms with van der Waals surface area (Å²) in [6, 6.07) is 45.8. The Bertz CT molecular complexity index is 2670. The lowest BCUT2D eigenvalue weighted by Gasteiger charge is -2.38. The summed E-state index contributed by atoms with van der Waals surface area (Å²) in [5.74, 6) is 1.43. The van der Waals surface area contributed by atoms with Crippen LogP contribution in [0.5, 0.6) is 46.0 Å². The Morgan fingerprint density at radius 3 is 1.39 bits per heavy atom. The first-order valence-corrected chi connectivity index (χ1v) is 20.2. The number of halogens is 2. The van der Waals surface area contributed by atoms with Crippen molar-refractivity contribution in [2.24, 2.45) is 0 Å². The van der Waals surface area contributed by atoms with Crippen molar-refractivity contribution in [3.63, 3.8) is 0 Å². The molecule has 0 N–H and O–H groups in total. The van der Waals surface area contributed by atoms with Crippen LogP contribution in [0.3, 0.4) is 0 Å². The van der Waals surface area contributed by atoms with Crippen molar-refractivity contribution in [2.75, 3.05) is 7.11 Å². The Kier molecular flexibility index (Phi) is 12.3. The minimum absolute atomic E-state index is 0.188. The molecule has 312 valence electrons. The Labute approximate surface area is 358 Å². The van der Waals surface area contributed by atoms with Gasteiger partial charge in [-0.1, -0.05) is 86.0 Å². The molecule has 8 nitrogen and oxygen atoms in total. The quantitative estimate of drug-likeness (QED) is 0.0683. The second-order valence-electron chi connectivity index (χ2n) is 15.0. The van der Waals surface area contributed by atoms with Crippen LogP contribution in [-0.4, -0.2) is 19.2 Å². The zero-order valence-electron chi connectivity index (χ0n) is 34.1. The Morgan fingerprint density at radius 2 is 0.919 bits per heavy atom. The number of hydrogen-bond donors (Lipinski definition) is 0. The lowest BCUT2D eigenvalue weighted by atomic mass is 9.65. The molecular formula is C52H42F2O8. The van der Waals surface area contributed by atoms with Gasteiger partial charge in [-0.25, -0.2) is 13.6 Å². The van der Waals surface area contributed by atoms with Crippen LogP contribution in [0, 0.1) is 11.6 Å². The second-order valence-corrected chi connectivity index (χ2v) is 15.0. The fourth-order valence-corrected chi connectivity index (χ4v) is 7.87. The molecule has 0 aromatic heterocycles. The third kappa shape index (κ3) is 9.61. The van der Waals surface area contributed by atoms with Gasteiger partial charge in [-0.15, -0.1) is 0 Å². The topological polar surface area (TPSA) is 89.5 Å². The molecule has 1 fully saturated rings. The van der Waals surface area contributed by atoms with E-state index in [9.17, 15) is 14.0 Å². The van der Waals surface area contributed by atoms with E-state index in [1.165, 1.54) is 32.2 Å². The van der Waals surface area contributed by atoms with Gasteiger partial charge in [0, 0.05) is 18.4 Å². The largest absolute Gasteiger partial charge is 0.519 e. The van der Waals surface area contributed by atoms with E-state index in [0.29, 0.717) is 34.3 Å². The number of carbonyl (C=O) groups is 2. The fraction of sp³-hybridized carbons (Fsp3) is 0.154. The first kappa shape index (κ1) is 41.3. The highest BCUT2D eigenvalue weighted by molar-refractivity contribution is 5.70. The zero-order valence-corrected chi connectivity index (χ0v) is 34.1. The van der Waals surface area contributed by atoms with Crippen molar-refractivity contribution in [1.82, 2.24) is 0 Å². The molecule has 0 bridgehead atoms. The predicted molar refractivity (Wildman–Crippen MR) is 232 cm³/mol.